The maximum atomic E-state index is 13.5. The summed E-state index contributed by atoms with van der Waals surface area (Å²) in [6.45, 7) is 0. The van der Waals surface area contributed by atoms with Crippen molar-refractivity contribution in [3.05, 3.63) is 51.9 Å². The van der Waals surface area contributed by atoms with Crippen LogP contribution in [-0.2, 0) is 6.42 Å². The fourth-order valence-corrected chi connectivity index (χ4v) is 1.97. The highest BCUT2D eigenvalue weighted by molar-refractivity contribution is 5.84. The van der Waals surface area contributed by atoms with E-state index >= 15 is 0 Å². The van der Waals surface area contributed by atoms with Crippen LogP contribution < -0.4 is 11.3 Å². The minimum absolute atomic E-state index is 0.0563. The van der Waals surface area contributed by atoms with Crippen LogP contribution in [0, 0.1) is 5.82 Å². The van der Waals surface area contributed by atoms with Crippen molar-refractivity contribution in [2.75, 3.05) is 5.73 Å². The van der Waals surface area contributed by atoms with Crippen LogP contribution >= 0.6 is 0 Å². The fourth-order valence-electron chi connectivity index (χ4n) is 1.97. The Morgan fingerprint density at radius 1 is 1.39 bits per heavy atom. The molecule has 0 radical (unpaired) electrons. The van der Waals surface area contributed by atoms with E-state index in [-0.39, 0.29) is 11.5 Å². The van der Waals surface area contributed by atoms with Crippen LogP contribution in [0.4, 0.5) is 10.1 Å². The molecule has 0 spiro atoms. The van der Waals surface area contributed by atoms with Crippen LogP contribution in [0.1, 0.15) is 11.3 Å². The summed E-state index contributed by atoms with van der Waals surface area (Å²) in [4.78, 5) is 14.0. The van der Waals surface area contributed by atoms with Crippen LogP contribution in [-0.4, -0.2) is 10.1 Å². The second kappa shape index (κ2) is 3.76. The Bertz CT molecular complexity index is 769. The van der Waals surface area contributed by atoms with Crippen LogP contribution in [0.3, 0.4) is 0 Å². The number of rotatable bonds is 2. The van der Waals surface area contributed by atoms with Crippen LogP contribution in [0.15, 0.2) is 33.7 Å². The fraction of sp³-hybridized carbons (Fsp3) is 0.0833. The summed E-state index contributed by atoms with van der Waals surface area (Å²) in [7, 11) is 0. The number of nitrogen functional groups attached to an aromatic ring is 1. The summed E-state index contributed by atoms with van der Waals surface area (Å²) in [5, 5.41) is 2.92. The van der Waals surface area contributed by atoms with E-state index in [9.17, 15) is 9.18 Å². The number of aromatic amines is 2. The standard InChI is InChI=1S/C12H10FN3O2/c13-8-3-1-2-7-6(5-15-11(7)8)4-9-10(14)12(17)16-18-9/h1-3,5,15H,4,14H2,(H,16,17). The molecular formula is C12H10FN3O2. The van der Waals surface area contributed by atoms with Gasteiger partial charge in [0.2, 0.25) is 0 Å². The molecule has 3 rings (SSSR count). The van der Waals surface area contributed by atoms with E-state index in [1.54, 1.807) is 18.3 Å². The van der Waals surface area contributed by atoms with Crippen LogP contribution in [0.25, 0.3) is 10.9 Å². The Labute approximate surface area is 100 Å². The first-order valence-electron chi connectivity index (χ1n) is 5.37. The third kappa shape index (κ3) is 1.50. The first-order chi connectivity index (χ1) is 8.66. The van der Waals surface area contributed by atoms with Crippen molar-refractivity contribution in [2.24, 2.45) is 0 Å². The average Bonchev–Trinajstić information content (AvgIpc) is 2.90. The molecule has 0 saturated heterocycles. The molecule has 0 aliphatic heterocycles. The smallest absolute Gasteiger partial charge is 0.303 e. The summed E-state index contributed by atoms with van der Waals surface area (Å²) in [6.07, 6.45) is 2.01. The van der Waals surface area contributed by atoms with Crippen LogP contribution in [0.2, 0.25) is 0 Å². The van der Waals surface area contributed by atoms with Gasteiger partial charge >= 0.3 is 5.56 Å². The minimum Gasteiger partial charge on any atom is -0.391 e. The van der Waals surface area contributed by atoms with Crippen molar-refractivity contribution in [3.63, 3.8) is 0 Å². The molecule has 5 nitrogen and oxygen atoms in total. The summed E-state index contributed by atoms with van der Waals surface area (Å²) in [5.74, 6) is 0.0346. The molecule has 1 aromatic carbocycles. The number of nitrogens with two attached hydrogens (primary N) is 1. The van der Waals surface area contributed by atoms with Crippen molar-refractivity contribution in [2.45, 2.75) is 6.42 Å². The van der Waals surface area contributed by atoms with E-state index in [4.69, 9.17) is 10.3 Å². The first kappa shape index (κ1) is 10.6. The summed E-state index contributed by atoms with van der Waals surface area (Å²) >= 11 is 0. The predicted octanol–water partition coefficient (Wildman–Crippen LogP) is 1.76. The van der Waals surface area contributed by atoms with Gasteiger partial charge in [-0.3, -0.25) is 4.79 Å². The zero-order valence-corrected chi connectivity index (χ0v) is 9.29. The minimum atomic E-state index is -0.448. The second-order valence-corrected chi connectivity index (χ2v) is 4.02. The van der Waals surface area contributed by atoms with Crippen LogP contribution in [0.5, 0.6) is 0 Å². The van der Waals surface area contributed by atoms with Gasteiger partial charge < -0.3 is 15.2 Å². The van der Waals surface area contributed by atoms with E-state index in [0.29, 0.717) is 17.7 Å². The number of anilines is 1. The Morgan fingerprint density at radius 2 is 2.22 bits per heavy atom. The van der Waals surface area contributed by atoms with Gasteiger partial charge in [0, 0.05) is 18.0 Å². The summed E-state index contributed by atoms with van der Waals surface area (Å²) < 4.78 is 18.5. The molecule has 2 heterocycles. The highest BCUT2D eigenvalue weighted by Gasteiger charge is 2.13. The van der Waals surface area contributed by atoms with Gasteiger partial charge in [0.1, 0.15) is 11.5 Å². The zero-order valence-electron chi connectivity index (χ0n) is 9.29. The van der Waals surface area contributed by atoms with E-state index in [1.165, 1.54) is 6.07 Å². The summed E-state index contributed by atoms with van der Waals surface area (Å²) in [6, 6.07) is 4.81. The van der Waals surface area contributed by atoms with Gasteiger partial charge in [-0.15, -0.1) is 0 Å². The van der Waals surface area contributed by atoms with Gasteiger partial charge in [0.25, 0.3) is 0 Å². The number of hydrogen-bond donors (Lipinski definition) is 3. The molecule has 6 heteroatoms. The molecule has 0 amide bonds. The molecule has 0 fully saturated rings. The third-order valence-corrected chi connectivity index (χ3v) is 2.91. The van der Waals surface area contributed by atoms with E-state index < -0.39 is 5.56 Å². The van der Waals surface area contributed by atoms with E-state index in [1.807, 2.05) is 0 Å². The molecule has 0 atom stereocenters. The van der Waals surface area contributed by atoms with Crippen molar-refractivity contribution in [1.82, 2.24) is 10.1 Å². The zero-order chi connectivity index (χ0) is 12.7. The summed E-state index contributed by atoms with van der Waals surface area (Å²) in [5.41, 5.74) is 6.43. The van der Waals surface area contributed by atoms with Gasteiger partial charge in [0.15, 0.2) is 5.76 Å². The Morgan fingerprint density at radius 3 is 2.94 bits per heavy atom. The third-order valence-electron chi connectivity index (χ3n) is 2.91. The maximum absolute atomic E-state index is 13.5. The quantitative estimate of drug-likeness (QED) is 0.644. The average molecular weight is 247 g/mol. The maximum Gasteiger partial charge on any atom is 0.303 e. The molecule has 0 unspecified atom stereocenters. The number of fused-ring (bicyclic) bond motifs is 1. The number of nitrogens with one attached hydrogen (secondary N) is 2. The molecule has 0 aliphatic carbocycles. The van der Waals surface area contributed by atoms with E-state index in [2.05, 4.69) is 10.1 Å². The topological polar surface area (TPSA) is 87.8 Å². The Hall–Kier alpha value is -2.50. The van der Waals surface area contributed by atoms with Gasteiger partial charge in [0.05, 0.1) is 5.52 Å². The van der Waals surface area contributed by atoms with Crippen molar-refractivity contribution in [3.8, 4) is 0 Å². The molecule has 0 saturated carbocycles. The monoisotopic (exact) mass is 247 g/mol. The molecule has 2 aromatic heterocycles. The van der Waals surface area contributed by atoms with Gasteiger partial charge in [-0.2, -0.15) is 5.16 Å². The lowest BCUT2D eigenvalue weighted by Gasteiger charge is -1.97. The highest BCUT2D eigenvalue weighted by Crippen LogP contribution is 2.23. The predicted molar refractivity (Wildman–Crippen MR) is 64.8 cm³/mol. The highest BCUT2D eigenvalue weighted by atomic mass is 19.1. The number of hydrogen-bond acceptors (Lipinski definition) is 3. The normalized spacial score (nSPS) is 11.2. The lowest BCUT2D eigenvalue weighted by molar-refractivity contribution is 0.385. The molecule has 4 N–H and O–H groups in total. The SMILES string of the molecule is Nc1c(Cc2c[nH]c3c(F)cccc23)o[nH]c1=O. The Kier molecular flexibility index (Phi) is 2.22. The molecule has 18 heavy (non-hydrogen) atoms. The molecule has 92 valence electrons. The van der Waals surface area contributed by atoms with Crippen molar-refractivity contribution < 1.29 is 8.91 Å². The number of halogens is 1. The van der Waals surface area contributed by atoms with E-state index in [0.717, 1.165) is 10.9 Å². The number of aromatic nitrogens is 2. The number of para-hydroxylation sites is 1. The van der Waals surface area contributed by atoms with Gasteiger partial charge in [-0.1, -0.05) is 12.1 Å². The van der Waals surface area contributed by atoms with Gasteiger partial charge in [-0.05, 0) is 11.6 Å². The lowest BCUT2D eigenvalue weighted by Crippen LogP contribution is -2.05. The molecule has 3 aromatic rings. The second-order valence-electron chi connectivity index (χ2n) is 4.02. The molecule has 0 aliphatic rings. The van der Waals surface area contributed by atoms with Crippen molar-refractivity contribution in [1.29, 1.82) is 0 Å². The van der Waals surface area contributed by atoms with Crippen molar-refractivity contribution >= 4 is 16.6 Å². The number of benzene rings is 1. The van der Waals surface area contributed by atoms with Gasteiger partial charge in [-0.25, -0.2) is 4.39 Å². The first-order valence-corrected chi connectivity index (χ1v) is 5.37. The Balaban J connectivity index is 2.08. The molecule has 0 bridgehead atoms. The number of H-pyrrole nitrogens is 2. The molecular weight excluding hydrogens is 237 g/mol. The largest absolute Gasteiger partial charge is 0.391 e. The lowest BCUT2D eigenvalue weighted by atomic mass is 10.1.